The number of nitrogens with zero attached hydrogens (tertiary/aromatic N) is 5. The zero-order chi connectivity index (χ0) is 14.5. The first-order valence-corrected chi connectivity index (χ1v) is 6.12. The molecular formula is C13H17N7. The van der Waals surface area contributed by atoms with Gasteiger partial charge in [-0.1, -0.05) is 6.08 Å². The molecule has 0 aliphatic heterocycles. The molecule has 2 aromatic rings. The Morgan fingerprint density at radius 2 is 2.20 bits per heavy atom. The number of anilines is 1. The molecule has 0 aromatic carbocycles. The topological polar surface area (TPSA) is 96.1 Å². The standard InChI is InChI=1S/C13H17N7/c1-4-5-9(20(2)3)6-7-15-11-10-12(17-8-16-10)19-13(14)18-11/h4-8H,1-3H3,(H3,14,16,17,18,19)/b5-4-,9-6+,15-7?. The molecule has 0 fully saturated rings. The van der Waals surface area contributed by atoms with E-state index in [-0.39, 0.29) is 5.95 Å². The van der Waals surface area contributed by atoms with Gasteiger partial charge in [-0.2, -0.15) is 9.97 Å². The van der Waals surface area contributed by atoms with E-state index in [2.05, 4.69) is 24.9 Å². The van der Waals surface area contributed by atoms with E-state index in [1.807, 2.05) is 44.1 Å². The molecule has 7 heteroatoms. The van der Waals surface area contributed by atoms with Crippen LogP contribution in [0.15, 0.2) is 35.2 Å². The van der Waals surface area contributed by atoms with Crippen LogP contribution in [0.4, 0.5) is 11.8 Å². The van der Waals surface area contributed by atoms with Crippen LogP contribution in [0.1, 0.15) is 6.92 Å². The van der Waals surface area contributed by atoms with Gasteiger partial charge in [0.05, 0.1) is 6.33 Å². The van der Waals surface area contributed by atoms with Crippen LogP contribution >= 0.6 is 0 Å². The summed E-state index contributed by atoms with van der Waals surface area (Å²) in [5.41, 5.74) is 7.83. The fourth-order valence-corrected chi connectivity index (χ4v) is 1.64. The Kier molecular flexibility index (Phi) is 4.09. The summed E-state index contributed by atoms with van der Waals surface area (Å²) in [4.78, 5) is 21.4. The van der Waals surface area contributed by atoms with Crippen molar-refractivity contribution in [3.63, 3.8) is 0 Å². The molecule has 104 valence electrons. The molecule has 0 atom stereocenters. The van der Waals surface area contributed by atoms with Crippen LogP contribution in [-0.4, -0.2) is 45.1 Å². The lowest BCUT2D eigenvalue weighted by Gasteiger charge is -2.12. The molecule has 2 rings (SSSR count). The first-order chi connectivity index (χ1) is 9.61. The molecule has 0 saturated heterocycles. The van der Waals surface area contributed by atoms with Crippen molar-refractivity contribution in [3.8, 4) is 0 Å². The Labute approximate surface area is 117 Å². The Bertz CT molecular complexity index is 679. The normalized spacial score (nSPS) is 12.8. The maximum Gasteiger partial charge on any atom is 0.224 e. The molecule has 0 bridgehead atoms. The second kappa shape index (κ2) is 5.96. The third-order valence-electron chi connectivity index (χ3n) is 2.58. The van der Waals surface area contributed by atoms with E-state index in [1.54, 1.807) is 12.5 Å². The van der Waals surface area contributed by atoms with E-state index in [4.69, 9.17) is 5.73 Å². The highest BCUT2D eigenvalue weighted by atomic mass is 15.1. The highest BCUT2D eigenvalue weighted by Crippen LogP contribution is 2.19. The van der Waals surface area contributed by atoms with Crippen molar-refractivity contribution < 1.29 is 0 Å². The molecule has 2 heterocycles. The Morgan fingerprint density at radius 1 is 1.40 bits per heavy atom. The number of hydrogen-bond donors (Lipinski definition) is 2. The van der Waals surface area contributed by atoms with Gasteiger partial charge in [0.25, 0.3) is 0 Å². The number of allylic oxidation sites excluding steroid dienone is 3. The molecule has 2 aromatic heterocycles. The predicted molar refractivity (Wildman–Crippen MR) is 80.8 cm³/mol. The Morgan fingerprint density at radius 3 is 2.90 bits per heavy atom. The summed E-state index contributed by atoms with van der Waals surface area (Å²) in [5.74, 6) is 0.627. The number of H-pyrrole nitrogens is 1. The minimum absolute atomic E-state index is 0.155. The number of aliphatic imine (C=N–C) groups is 1. The van der Waals surface area contributed by atoms with E-state index < -0.39 is 0 Å². The quantitative estimate of drug-likeness (QED) is 0.651. The lowest BCUT2D eigenvalue weighted by atomic mass is 10.3. The number of nitrogens with two attached hydrogens (primary N) is 1. The van der Waals surface area contributed by atoms with Crippen molar-refractivity contribution in [2.24, 2.45) is 4.99 Å². The average Bonchev–Trinajstić information content (AvgIpc) is 2.85. The van der Waals surface area contributed by atoms with Crippen molar-refractivity contribution in [3.05, 3.63) is 30.3 Å². The van der Waals surface area contributed by atoms with Gasteiger partial charge in [0.1, 0.15) is 5.52 Å². The molecule has 0 radical (unpaired) electrons. The van der Waals surface area contributed by atoms with Gasteiger partial charge in [-0.25, -0.2) is 9.98 Å². The average molecular weight is 271 g/mol. The van der Waals surface area contributed by atoms with Crippen molar-refractivity contribution in [2.45, 2.75) is 6.92 Å². The van der Waals surface area contributed by atoms with E-state index in [0.29, 0.717) is 17.0 Å². The summed E-state index contributed by atoms with van der Waals surface area (Å²) in [7, 11) is 3.94. The predicted octanol–water partition coefficient (Wildman–Crippen LogP) is 1.66. The van der Waals surface area contributed by atoms with Crippen LogP contribution in [-0.2, 0) is 0 Å². The molecule has 3 N–H and O–H groups in total. The SMILES string of the molecule is C/C=C\C(=C/C=Nc1nc(N)nc2nc[nH]c12)N(C)C. The minimum Gasteiger partial charge on any atom is -0.378 e. The number of rotatable bonds is 4. The molecule has 0 saturated carbocycles. The summed E-state index contributed by atoms with van der Waals surface area (Å²) < 4.78 is 0. The zero-order valence-corrected chi connectivity index (χ0v) is 11.7. The minimum atomic E-state index is 0.155. The maximum atomic E-state index is 5.63. The first kappa shape index (κ1) is 13.7. The third-order valence-corrected chi connectivity index (χ3v) is 2.58. The van der Waals surface area contributed by atoms with Crippen LogP contribution in [0.5, 0.6) is 0 Å². The van der Waals surface area contributed by atoms with Gasteiger partial charge < -0.3 is 15.6 Å². The monoisotopic (exact) mass is 271 g/mol. The number of aromatic amines is 1. The number of likely N-dealkylation sites (N-methyl/N-ethyl adjacent to an activating group) is 1. The molecular weight excluding hydrogens is 254 g/mol. The van der Waals surface area contributed by atoms with Gasteiger partial charge in [0.15, 0.2) is 11.5 Å². The number of nitrogens with one attached hydrogen (secondary N) is 1. The van der Waals surface area contributed by atoms with E-state index >= 15 is 0 Å². The largest absolute Gasteiger partial charge is 0.378 e. The third kappa shape index (κ3) is 3.00. The molecule has 20 heavy (non-hydrogen) atoms. The van der Waals surface area contributed by atoms with E-state index in [1.165, 1.54) is 0 Å². The van der Waals surface area contributed by atoms with Crippen LogP contribution in [0.3, 0.4) is 0 Å². The van der Waals surface area contributed by atoms with Gasteiger partial charge >= 0.3 is 0 Å². The van der Waals surface area contributed by atoms with Crippen molar-refractivity contribution in [1.29, 1.82) is 0 Å². The number of fused-ring (bicyclic) bond motifs is 1. The highest BCUT2D eigenvalue weighted by molar-refractivity contribution is 5.85. The number of hydrogen-bond acceptors (Lipinski definition) is 6. The van der Waals surface area contributed by atoms with Crippen LogP contribution < -0.4 is 5.73 Å². The van der Waals surface area contributed by atoms with Crippen LogP contribution in [0.2, 0.25) is 0 Å². The molecule has 0 aliphatic rings. The summed E-state index contributed by atoms with van der Waals surface area (Å²) in [6.07, 6.45) is 9.07. The molecule has 0 spiro atoms. The highest BCUT2D eigenvalue weighted by Gasteiger charge is 2.06. The number of imidazole rings is 1. The van der Waals surface area contributed by atoms with E-state index in [9.17, 15) is 0 Å². The fraction of sp³-hybridized carbons (Fsp3) is 0.231. The Balaban J connectivity index is 2.34. The summed E-state index contributed by atoms with van der Waals surface area (Å²) in [6.45, 7) is 1.97. The number of aromatic nitrogens is 4. The summed E-state index contributed by atoms with van der Waals surface area (Å²) in [6, 6.07) is 0. The fourth-order valence-electron chi connectivity index (χ4n) is 1.64. The smallest absolute Gasteiger partial charge is 0.224 e. The molecule has 0 unspecified atom stereocenters. The van der Waals surface area contributed by atoms with Gasteiger partial charge in [-0.05, 0) is 19.1 Å². The van der Waals surface area contributed by atoms with Gasteiger partial charge in [-0.15, -0.1) is 0 Å². The lowest BCUT2D eigenvalue weighted by Crippen LogP contribution is -2.09. The first-order valence-electron chi connectivity index (χ1n) is 6.12. The second-order valence-corrected chi connectivity index (χ2v) is 4.27. The van der Waals surface area contributed by atoms with Crippen molar-refractivity contribution >= 4 is 29.1 Å². The lowest BCUT2D eigenvalue weighted by molar-refractivity contribution is 0.531. The van der Waals surface area contributed by atoms with E-state index in [0.717, 1.165) is 5.70 Å². The second-order valence-electron chi connectivity index (χ2n) is 4.27. The van der Waals surface area contributed by atoms with Crippen LogP contribution in [0.25, 0.3) is 11.2 Å². The molecule has 7 nitrogen and oxygen atoms in total. The van der Waals surface area contributed by atoms with Gasteiger partial charge in [0, 0.05) is 26.0 Å². The number of nitrogen functional groups attached to an aromatic ring is 1. The summed E-state index contributed by atoms with van der Waals surface area (Å²) >= 11 is 0. The zero-order valence-electron chi connectivity index (χ0n) is 11.7. The van der Waals surface area contributed by atoms with Crippen LogP contribution in [0, 0.1) is 0 Å². The molecule has 0 aliphatic carbocycles. The van der Waals surface area contributed by atoms with Crippen molar-refractivity contribution in [1.82, 2.24) is 24.8 Å². The van der Waals surface area contributed by atoms with Crippen molar-refractivity contribution in [2.75, 3.05) is 19.8 Å². The maximum absolute atomic E-state index is 5.63. The van der Waals surface area contributed by atoms with Gasteiger partial charge in [0.2, 0.25) is 5.95 Å². The molecule has 0 amide bonds. The van der Waals surface area contributed by atoms with Gasteiger partial charge in [-0.3, -0.25) is 0 Å². The Hall–Kier alpha value is -2.70. The summed E-state index contributed by atoms with van der Waals surface area (Å²) in [5, 5.41) is 0.